The summed E-state index contributed by atoms with van der Waals surface area (Å²) in [5, 5.41) is 8.05. The number of hydrogen-bond acceptors (Lipinski definition) is 6. The molecule has 3 amide bonds. The van der Waals surface area contributed by atoms with Crippen LogP contribution in [0.2, 0.25) is 0 Å². The van der Waals surface area contributed by atoms with Crippen molar-refractivity contribution in [3.8, 4) is 0 Å². The van der Waals surface area contributed by atoms with Crippen LogP contribution >= 0.6 is 0 Å². The number of alkyl halides is 3. The third kappa shape index (κ3) is 8.98. The van der Waals surface area contributed by atoms with Crippen LogP contribution in [0.15, 0.2) is 73.1 Å². The summed E-state index contributed by atoms with van der Waals surface area (Å²) in [5.41, 5.74) is 0.486. The van der Waals surface area contributed by atoms with E-state index < -0.39 is 23.6 Å². The van der Waals surface area contributed by atoms with Crippen molar-refractivity contribution in [2.75, 3.05) is 50.0 Å². The smallest absolute Gasteiger partial charge is 0.379 e. The molecule has 0 saturated carbocycles. The Bertz CT molecular complexity index is 1420. The highest BCUT2D eigenvalue weighted by Crippen LogP contribution is 2.29. The number of aromatic nitrogens is 1. The van der Waals surface area contributed by atoms with Crippen molar-refractivity contribution < 1.29 is 32.3 Å². The SMILES string of the molecule is O=C(C=Cc1cccc(NC(=O)c2cccc(C(F)(F)F)c2)c1)Nc1cncc(C(=O)NCCN2CCOCC2)c1. The second kappa shape index (κ2) is 13.7. The van der Waals surface area contributed by atoms with E-state index in [4.69, 9.17) is 4.74 Å². The molecule has 1 fully saturated rings. The molecule has 3 aromatic rings. The van der Waals surface area contributed by atoms with E-state index in [9.17, 15) is 27.6 Å². The fraction of sp³-hybridized carbons (Fsp3) is 0.241. The van der Waals surface area contributed by atoms with Crippen molar-refractivity contribution in [1.29, 1.82) is 0 Å². The van der Waals surface area contributed by atoms with Crippen LogP contribution < -0.4 is 16.0 Å². The van der Waals surface area contributed by atoms with E-state index in [2.05, 4.69) is 25.8 Å². The van der Waals surface area contributed by atoms with Gasteiger partial charge in [0, 0.05) is 49.7 Å². The Hall–Kier alpha value is -4.55. The van der Waals surface area contributed by atoms with Gasteiger partial charge in [-0.05, 0) is 48.0 Å². The van der Waals surface area contributed by atoms with Gasteiger partial charge in [0.15, 0.2) is 0 Å². The highest BCUT2D eigenvalue weighted by Gasteiger charge is 2.30. The Labute approximate surface area is 234 Å². The molecule has 12 heteroatoms. The molecule has 2 aromatic carbocycles. The van der Waals surface area contributed by atoms with Gasteiger partial charge in [0.25, 0.3) is 11.8 Å². The molecule has 0 radical (unpaired) electrons. The summed E-state index contributed by atoms with van der Waals surface area (Å²) in [5.74, 6) is -1.48. The maximum absolute atomic E-state index is 13.0. The van der Waals surface area contributed by atoms with Gasteiger partial charge in [-0.1, -0.05) is 18.2 Å². The first-order valence-corrected chi connectivity index (χ1v) is 12.8. The molecule has 0 unspecified atom stereocenters. The molecule has 0 aliphatic carbocycles. The van der Waals surface area contributed by atoms with Gasteiger partial charge < -0.3 is 20.7 Å². The van der Waals surface area contributed by atoms with E-state index in [1.165, 1.54) is 42.7 Å². The third-order valence-corrected chi connectivity index (χ3v) is 6.11. The van der Waals surface area contributed by atoms with Gasteiger partial charge in [0.1, 0.15) is 0 Å². The average molecular weight is 568 g/mol. The van der Waals surface area contributed by atoms with Crippen molar-refractivity contribution in [2.45, 2.75) is 6.18 Å². The van der Waals surface area contributed by atoms with Gasteiger partial charge in [-0.25, -0.2) is 0 Å². The minimum Gasteiger partial charge on any atom is -0.379 e. The van der Waals surface area contributed by atoms with Gasteiger partial charge in [0.05, 0.1) is 36.2 Å². The molecule has 3 N–H and O–H groups in total. The fourth-order valence-electron chi connectivity index (χ4n) is 4.00. The molecular formula is C29H28F3N5O4. The fourth-order valence-corrected chi connectivity index (χ4v) is 4.00. The second-order valence-corrected chi connectivity index (χ2v) is 9.15. The van der Waals surface area contributed by atoms with Crippen molar-refractivity contribution in [3.63, 3.8) is 0 Å². The Balaban J connectivity index is 1.30. The van der Waals surface area contributed by atoms with Crippen molar-refractivity contribution in [1.82, 2.24) is 15.2 Å². The number of nitrogens with one attached hydrogen (secondary N) is 3. The zero-order chi connectivity index (χ0) is 29.2. The topological polar surface area (TPSA) is 113 Å². The number of hydrogen-bond donors (Lipinski definition) is 3. The zero-order valence-electron chi connectivity index (χ0n) is 21.9. The lowest BCUT2D eigenvalue weighted by Gasteiger charge is -2.26. The van der Waals surface area contributed by atoms with Crippen molar-refractivity contribution >= 4 is 35.2 Å². The van der Waals surface area contributed by atoms with Crippen molar-refractivity contribution in [3.05, 3.63) is 95.3 Å². The maximum atomic E-state index is 13.0. The predicted octanol–water partition coefficient (Wildman–Crippen LogP) is 4.07. The summed E-state index contributed by atoms with van der Waals surface area (Å²) < 4.78 is 44.2. The first-order valence-electron chi connectivity index (χ1n) is 12.8. The number of benzene rings is 2. The average Bonchev–Trinajstić information content (AvgIpc) is 2.96. The van der Waals surface area contributed by atoms with Crippen LogP contribution in [0.5, 0.6) is 0 Å². The van der Waals surface area contributed by atoms with E-state index in [1.54, 1.807) is 24.3 Å². The summed E-state index contributed by atoms with van der Waals surface area (Å²) in [6.07, 6.45) is 1.04. The van der Waals surface area contributed by atoms with Crippen LogP contribution in [0.1, 0.15) is 31.8 Å². The minimum absolute atomic E-state index is 0.137. The molecule has 214 valence electrons. The molecule has 1 saturated heterocycles. The Morgan fingerprint density at radius 3 is 2.46 bits per heavy atom. The second-order valence-electron chi connectivity index (χ2n) is 9.15. The number of carbonyl (C=O) groups excluding carboxylic acids is 3. The zero-order valence-corrected chi connectivity index (χ0v) is 21.9. The first kappa shape index (κ1) is 29.4. The third-order valence-electron chi connectivity index (χ3n) is 6.11. The number of pyridine rings is 1. The van der Waals surface area contributed by atoms with Crippen LogP contribution in [-0.4, -0.2) is 67.0 Å². The molecule has 1 aliphatic rings. The lowest BCUT2D eigenvalue weighted by Crippen LogP contribution is -2.41. The summed E-state index contributed by atoms with van der Waals surface area (Å²) in [7, 11) is 0. The number of anilines is 2. The Kier molecular flexibility index (Phi) is 9.82. The number of ether oxygens (including phenoxy) is 1. The van der Waals surface area contributed by atoms with Crippen molar-refractivity contribution in [2.24, 2.45) is 0 Å². The molecule has 41 heavy (non-hydrogen) atoms. The highest BCUT2D eigenvalue weighted by atomic mass is 19.4. The van der Waals surface area contributed by atoms with Gasteiger partial charge in [0.2, 0.25) is 5.91 Å². The monoisotopic (exact) mass is 567 g/mol. The molecule has 1 aliphatic heterocycles. The number of halogens is 3. The number of rotatable bonds is 9. The van der Waals surface area contributed by atoms with E-state index in [-0.39, 0.29) is 11.5 Å². The molecule has 0 bridgehead atoms. The normalized spacial score (nSPS) is 14.0. The van der Waals surface area contributed by atoms with Crippen LogP contribution in [0.25, 0.3) is 6.08 Å². The van der Waals surface area contributed by atoms with Crippen LogP contribution in [0, 0.1) is 0 Å². The Morgan fingerprint density at radius 2 is 1.68 bits per heavy atom. The van der Waals surface area contributed by atoms with Gasteiger partial charge in [-0.15, -0.1) is 0 Å². The van der Waals surface area contributed by atoms with E-state index >= 15 is 0 Å². The van der Waals surface area contributed by atoms with E-state index in [0.29, 0.717) is 48.8 Å². The lowest BCUT2D eigenvalue weighted by atomic mass is 10.1. The summed E-state index contributed by atoms with van der Waals surface area (Å²) in [6.45, 7) is 4.19. The largest absolute Gasteiger partial charge is 0.416 e. The van der Waals surface area contributed by atoms with Gasteiger partial charge in [-0.2, -0.15) is 13.2 Å². The van der Waals surface area contributed by atoms with Crippen LogP contribution in [-0.2, 0) is 15.7 Å². The molecule has 2 heterocycles. The van der Waals surface area contributed by atoms with Crippen LogP contribution in [0.3, 0.4) is 0 Å². The quantitative estimate of drug-likeness (QED) is 0.336. The predicted molar refractivity (Wildman–Crippen MR) is 147 cm³/mol. The van der Waals surface area contributed by atoms with Gasteiger partial charge in [-0.3, -0.25) is 24.3 Å². The molecule has 4 rings (SSSR count). The highest BCUT2D eigenvalue weighted by molar-refractivity contribution is 6.05. The number of morpholine rings is 1. The molecule has 0 spiro atoms. The number of amides is 3. The molecular weight excluding hydrogens is 539 g/mol. The van der Waals surface area contributed by atoms with E-state index in [0.717, 1.165) is 25.2 Å². The summed E-state index contributed by atoms with van der Waals surface area (Å²) in [6, 6.07) is 12.1. The van der Waals surface area contributed by atoms with Crippen LogP contribution in [0.4, 0.5) is 24.5 Å². The molecule has 9 nitrogen and oxygen atoms in total. The summed E-state index contributed by atoms with van der Waals surface area (Å²) in [4.78, 5) is 43.7. The first-order chi connectivity index (χ1) is 19.7. The Morgan fingerprint density at radius 1 is 0.902 bits per heavy atom. The molecule has 1 aromatic heterocycles. The number of carbonyl (C=O) groups is 3. The van der Waals surface area contributed by atoms with Gasteiger partial charge >= 0.3 is 6.18 Å². The number of nitrogens with zero attached hydrogens (tertiary/aromatic N) is 2. The van der Waals surface area contributed by atoms with E-state index in [1.807, 2.05) is 0 Å². The lowest BCUT2D eigenvalue weighted by molar-refractivity contribution is -0.137. The minimum atomic E-state index is -4.56. The molecule has 0 atom stereocenters. The standard InChI is InChI=1S/C29H28F3N5O4/c30-29(31,32)23-5-2-4-21(16-23)28(40)36-24-6-1-3-20(15-24)7-8-26(38)35-25-17-22(18-33-19-25)27(39)34-9-10-37-11-13-41-14-12-37/h1-8,15-19H,9-14H2,(H,34,39)(H,35,38)(H,36,40). The summed E-state index contributed by atoms with van der Waals surface area (Å²) >= 11 is 0. The maximum Gasteiger partial charge on any atom is 0.416 e.